The van der Waals surface area contributed by atoms with Crippen LogP contribution in [0.2, 0.25) is 0 Å². The van der Waals surface area contributed by atoms with Crippen LogP contribution in [0.4, 0.5) is 0 Å². The van der Waals surface area contributed by atoms with Crippen molar-refractivity contribution in [2.24, 2.45) is 0 Å². The molecule has 0 bridgehead atoms. The van der Waals surface area contributed by atoms with Gasteiger partial charge < -0.3 is 4.90 Å². The lowest BCUT2D eigenvalue weighted by Gasteiger charge is -2.16. The van der Waals surface area contributed by atoms with Crippen molar-refractivity contribution in [3.05, 3.63) is 5.82 Å². The van der Waals surface area contributed by atoms with Crippen LogP contribution in [-0.2, 0) is 0 Å². The molecule has 14 heavy (non-hydrogen) atoms. The Morgan fingerprint density at radius 3 is 2.57 bits per heavy atom. The van der Waals surface area contributed by atoms with Gasteiger partial charge in [0.05, 0.1) is 0 Å². The second-order valence-electron chi connectivity index (χ2n) is 3.08. The summed E-state index contributed by atoms with van der Waals surface area (Å²) in [4.78, 5) is 6.63. The molecular formula is C9H18N4S. The maximum atomic E-state index is 4.24. The average molecular weight is 214 g/mol. The summed E-state index contributed by atoms with van der Waals surface area (Å²) in [7, 11) is 0. The summed E-state index contributed by atoms with van der Waals surface area (Å²) in [6.45, 7) is 9.62. The Balaban J connectivity index is 2.21. The Bertz CT molecular complexity index is 257. The van der Waals surface area contributed by atoms with Crippen LogP contribution in [-0.4, -0.2) is 45.5 Å². The molecule has 1 N–H and O–H groups in total. The molecule has 0 saturated carbocycles. The molecule has 0 saturated heterocycles. The van der Waals surface area contributed by atoms with Gasteiger partial charge >= 0.3 is 0 Å². The van der Waals surface area contributed by atoms with E-state index in [-0.39, 0.29) is 0 Å². The molecule has 0 atom stereocenters. The molecule has 0 unspecified atom stereocenters. The van der Waals surface area contributed by atoms with Gasteiger partial charge in [0, 0.05) is 12.3 Å². The highest BCUT2D eigenvalue weighted by Gasteiger charge is 2.02. The first-order valence-corrected chi connectivity index (χ1v) is 5.99. The molecule has 80 valence electrons. The van der Waals surface area contributed by atoms with Crippen LogP contribution in [0.3, 0.4) is 0 Å². The molecule has 1 rings (SSSR count). The van der Waals surface area contributed by atoms with Gasteiger partial charge in [0.25, 0.3) is 0 Å². The molecule has 0 fully saturated rings. The van der Waals surface area contributed by atoms with Gasteiger partial charge in [-0.05, 0) is 20.0 Å². The average Bonchev–Trinajstić information content (AvgIpc) is 2.59. The molecular weight excluding hydrogens is 196 g/mol. The lowest BCUT2D eigenvalue weighted by molar-refractivity contribution is 0.324. The molecule has 0 aromatic carbocycles. The van der Waals surface area contributed by atoms with E-state index in [0.29, 0.717) is 0 Å². The Morgan fingerprint density at radius 1 is 1.36 bits per heavy atom. The van der Waals surface area contributed by atoms with E-state index in [0.717, 1.165) is 36.4 Å². The summed E-state index contributed by atoms with van der Waals surface area (Å²) < 4.78 is 0. The van der Waals surface area contributed by atoms with E-state index < -0.39 is 0 Å². The minimum Gasteiger partial charge on any atom is -0.303 e. The highest BCUT2D eigenvalue weighted by molar-refractivity contribution is 7.99. The zero-order valence-corrected chi connectivity index (χ0v) is 9.89. The van der Waals surface area contributed by atoms with E-state index in [1.54, 1.807) is 11.8 Å². The Morgan fingerprint density at radius 2 is 2.07 bits per heavy atom. The lowest BCUT2D eigenvalue weighted by atomic mass is 10.5. The number of nitrogens with one attached hydrogen (secondary N) is 1. The number of rotatable bonds is 6. The van der Waals surface area contributed by atoms with Gasteiger partial charge in [0.2, 0.25) is 5.16 Å². The molecule has 4 nitrogen and oxygen atoms in total. The standard InChI is InChI=1S/C9H18N4S/c1-4-13(5-2)6-7-14-9-10-8(3)11-12-9/h4-7H2,1-3H3,(H,10,11,12). The number of aromatic amines is 1. The minimum absolute atomic E-state index is 0.856. The van der Waals surface area contributed by atoms with Crippen LogP contribution in [0.25, 0.3) is 0 Å². The molecule has 0 aliphatic carbocycles. The van der Waals surface area contributed by atoms with Crippen LogP contribution in [0.1, 0.15) is 19.7 Å². The van der Waals surface area contributed by atoms with Crippen molar-refractivity contribution in [1.82, 2.24) is 20.1 Å². The fourth-order valence-corrected chi connectivity index (χ4v) is 2.04. The van der Waals surface area contributed by atoms with Gasteiger partial charge in [0.15, 0.2) is 0 Å². The maximum absolute atomic E-state index is 4.24. The van der Waals surface area contributed by atoms with Crippen molar-refractivity contribution in [3.63, 3.8) is 0 Å². The minimum atomic E-state index is 0.856. The molecule has 0 aliphatic rings. The van der Waals surface area contributed by atoms with E-state index in [4.69, 9.17) is 0 Å². The van der Waals surface area contributed by atoms with Crippen LogP contribution in [0.5, 0.6) is 0 Å². The van der Waals surface area contributed by atoms with Crippen LogP contribution < -0.4 is 0 Å². The first-order chi connectivity index (χ1) is 6.76. The molecule has 1 aromatic heterocycles. The molecule has 5 heteroatoms. The summed E-state index contributed by atoms with van der Waals surface area (Å²) >= 11 is 1.71. The van der Waals surface area contributed by atoms with E-state index >= 15 is 0 Å². The molecule has 1 aromatic rings. The van der Waals surface area contributed by atoms with Gasteiger partial charge in [-0.1, -0.05) is 25.6 Å². The third-order valence-electron chi connectivity index (χ3n) is 2.11. The summed E-state index contributed by atoms with van der Waals surface area (Å²) in [6.07, 6.45) is 0. The predicted molar refractivity (Wildman–Crippen MR) is 59.6 cm³/mol. The largest absolute Gasteiger partial charge is 0.303 e. The van der Waals surface area contributed by atoms with Gasteiger partial charge in [-0.3, -0.25) is 5.10 Å². The number of nitrogens with zero attached hydrogens (tertiary/aromatic N) is 3. The molecule has 0 radical (unpaired) electrons. The van der Waals surface area contributed by atoms with Crippen molar-refractivity contribution in [2.45, 2.75) is 25.9 Å². The molecule has 1 heterocycles. The zero-order chi connectivity index (χ0) is 10.4. The molecule has 0 aliphatic heterocycles. The normalized spacial score (nSPS) is 11.1. The van der Waals surface area contributed by atoms with Gasteiger partial charge in [-0.15, -0.1) is 5.10 Å². The number of H-pyrrole nitrogens is 1. The van der Waals surface area contributed by atoms with Crippen molar-refractivity contribution in [3.8, 4) is 0 Å². The second-order valence-corrected chi connectivity index (χ2v) is 4.14. The Labute approximate surface area is 89.5 Å². The van der Waals surface area contributed by atoms with Gasteiger partial charge in [-0.25, -0.2) is 4.98 Å². The third-order valence-corrected chi connectivity index (χ3v) is 2.94. The topological polar surface area (TPSA) is 44.8 Å². The maximum Gasteiger partial charge on any atom is 0.208 e. The van der Waals surface area contributed by atoms with Crippen LogP contribution in [0, 0.1) is 6.92 Å². The predicted octanol–water partition coefficient (Wildman–Crippen LogP) is 1.55. The Hall–Kier alpha value is -0.550. The number of hydrogen-bond acceptors (Lipinski definition) is 4. The van der Waals surface area contributed by atoms with E-state index in [2.05, 4.69) is 33.9 Å². The smallest absolute Gasteiger partial charge is 0.208 e. The van der Waals surface area contributed by atoms with Crippen molar-refractivity contribution in [2.75, 3.05) is 25.4 Å². The number of aryl methyl sites for hydroxylation is 1. The number of hydrogen-bond donors (Lipinski definition) is 1. The third kappa shape index (κ3) is 3.67. The van der Waals surface area contributed by atoms with E-state index in [1.165, 1.54) is 0 Å². The first-order valence-electron chi connectivity index (χ1n) is 5.00. The number of thioether (sulfide) groups is 1. The van der Waals surface area contributed by atoms with Gasteiger partial charge in [-0.2, -0.15) is 0 Å². The SMILES string of the molecule is CCN(CC)CCSc1n[nH]c(C)n1. The zero-order valence-electron chi connectivity index (χ0n) is 9.08. The van der Waals surface area contributed by atoms with Crippen molar-refractivity contribution < 1.29 is 0 Å². The summed E-state index contributed by atoms with van der Waals surface area (Å²) in [5.74, 6) is 1.94. The highest BCUT2D eigenvalue weighted by Crippen LogP contribution is 2.11. The second kappa shape index (κ2) is 6.03. The van der Waals surface area contributed by atoms with Crippen LogP contribution >= 0.6 is 11.8 Å². The van der Waals surface area contributed by atoms with E-state index in [1.807, 2.05) is 6.92 Å². The summed E-state index contributed by atoms with van der Waals surface area (Å²) in [5, 5.41) is 7.77. The fraction of sp³-hybridized carbons (Fsp3) is 0.778. The quantitative estimate of drug-likeness (QED) is 0.730. The summed E-state index contributed by atoms with van der Waals surface area (Å²) in [6, 6.07) is 0. The number of aromatic nitrogens is 3. The van der Waals surface area contributed by atoms with Gasteiger partial charge in [0.1, 0.15) is 5.82 Å². The monoisotopic (exact) mass is 214 g/mol. The molecule has 0 amide bonds. The fourth-order valence-electron chi connectivity index (χ4n) is 1.19. The molecule has 0 spiro atoms. The Kier molecular flexibility index (Phi) is 4.97. The summed E-state index contributed by atoms with van der Waals surface area (Å²) in [5.41, 5.74) is 0. The highest BCUT2D eigenvalue weighted by atomic mass is 32.2. The van der Waals surface area contributed by atoms with E-state index in [9.17, 15) is 0 Å². The van der Waals surface area contributed by atoms with Crippen LogP contribution in [0.15, 0.2) is 5.16 Å². The van der Waals surface area contributed by atoms with Crippen molar-refractivity contribution >= 4 is 11.8 Å². The van der Waals surface area contributed by atoms with Crippen molar-refractivity contribution in [1.29, 1.82) is 0 Å². The first kappa shape index (κ1) is 11.5. The lowest BCUT2D eigenvalue weighted by Crippen LogP contribution is -2.25.